The molecule has 3 aliphatic rings. The fourth-order valence-electron chi connectivity index (χ4n) is 4.76. The van der Waals surface area contributed by atoms with Crippen LogP contribution in [0.25, 0.3) is 0 Å². The molecule has 9 heteroatoms. The maximum Gasteiger partial charge on any atom is 0.328 e. The van der Waals surface area contributed by atoms with E-state index in [0.717, 1.165) is 12.5 Å². The van der Waals surface area contributed by atoms with Crippen molar-refractivity contribution in [2.45, 2.75) is 25.3 Å². The fourth-order valence-corrected chi connectivity index (χ4v) is 4.76. The van der Waals surface area contributed by atoms with Gasteiger partial charge in [-0.3, -0.25) is 20.2 Å². The highest BCUT2D eigenvalue weighted by Gasteiger charge is 2.55. The summed E-state index contributed by atoms with van der Waals surface area (Å²) in [5.41, 5.74) is 0.0557. The Bertz CT molecular complexity index is 851. The third-order valence-corrected chi connectivity index (χ3v) is 5.64. The molecule has 4 rings (SSSR count). The van der Waals surface area contributed by atoms with Gasteiger partial charge in [0.15, 0.2) is 0 Å². The molecule has 9 nitrogen and oxygen atoms in total. The second-order valence-corrected chi connectivity index (χ2v) is 6.87. The maximum absolute atomic E-state index is 12.5. The Balaban J connectivity index is 1.89. The minimum Gasteiger partial charge on any atom is -0.464 e. The van der Waals surface area contributed by atoms with Crippen molar-refractivity contribution >= 4 is 23.0 Å². The minimum absolute atomic E-state index is 0.115. The summed E-state index contributed by atoms with van der Waals surface area (Å²) in [5, 5.41) is 25.7. The predicted octanol–water partition coefficient (Wildman–Crippen LogP) is 2.77. The van der Waals surface area contributed by atoms with Gasteiger partial charge in [0.2, 0.25) is 0 Å². The van der Waals surface area contributed by atoms with E-state index >= 15 is 0 Å². The number of esters is 1. The number of rotatable bonds is 4. The molecule has 0 unspecified atom stereocenters. The first-order valence-electron chi connectivity index (χ1n) is 8.50. The molecule has 1 aromatic carbocycles. The summed E-state index contributed by atoms with van der Waals surface area (Å²) in [6.07, 6.45) is 4.95. The first-order chi connectivity index (χ1) is 12.4. The van der Waals surface area contributed by atoms with E-state index in [1.165, 1.54) is 6.07 Å². The molecule has 0 saturated heterocycles. The Morgan fingerprint density at radius 1 is 1.23 bits per heavy atom. The van der Waals surface area contributed by atoms with Gasteiger partial charge in [0, 0.05) is 12.0 Å². The zero-order valence-electron chi connectivity index (χ0n) is 14.0. The Morgan fingerprint density at radius 3 is 2.62 bits per heavy atom. The molecule has 1 N–H and O–H groups in total. The highest BCUT2D eigenvalue weighted by Crippen LogP contribution is 2.59. The first-order valence-corrected chi connectivity index (χ1v) is 8.50. The van der Waals surface area contributed by atoms with Crippen LogP contribution in [0.15, 0.2) is 24.3 Å². The number of anilines is 1. The van der Waals surface area contributed by atoms with Crippen molar-refractivity contribution in [3.63, 3.8) is 0 Å². The number of nitrogens with zero attached hydrogens (tertiary/aromatic N) is 2. The third-order valence-electron chi connectivity index (χ3n) is 5.64. The number of carbonyl (C=O) groups excluding carboxylic acids is 1. The molecule has 26 heavy (non-hydrogen) atoms. The Labute approximate surface area is 148 Å². The number of carbonyl (C=O) groups is 1. The first kappa shape index (κ1) is 16.5. The van der Waals surface area contributed by atoms with E-state index in [9.17, 15) is 25.0 Å². The van der Waals surface area contributed by atoms with Gasteiger partial charge in [-0.2, -0.15) is 0 Å². The van der Waals surface area contributed by atoms with E-state index in [-0.39, 0.29) is 47.3 Å². The van der Waals surface area contributed by atoms with Crippen LogP contribution in [0.1, 0.15) is 24.8 Å². The lowest BCUT2D eigenvalue weighted by Gasteiger charge is -2.39. The molecule has 0 amide bonds. The molecule has 0 aromatic heterocycles. The van der Waals surface area contributed by atoms with Gasteiger partial charge in [0.05, 0.1) is 22.5 Å². The molecular formula is C17H17N3O6. The van der Waals surface area contributed by atoms with Crippen molar-refractivity contribution < 1.29 is 19.4 Å². The molecule has 2 aliphatic carbocycles. The van der Waals surface area contributed by atoms with E-state index in [4.69, 9.17) is 4.74 Å². The Morgan fingerprint density at radius 2 is 1.96 bits per heavy atom. The summed E-state index contributed by atoms with van der Waals surface area (Å²) in [5.74, 6) is -0.475. The maximum atomic E-state index is 12.5. The second-order valence-electron chi connectivity index (χ2n) is 6.87. The highest BCUT2D eigenvalue weighted by atomic mass is 16.6. The quantitative estimate of drug-likeness (QED) is 0.379. The van der Waals surface area contributed by atoms with Crippen LogP contribution in [0.4, 0.5) is 17.1 Å². The average Bonchev–Trinajstić information content (AvgIpc) is 3.22. The monoisotopic (exact) mass is 359 g/mol. The number of benzene rings is 1. The van der Waals surface area contributed by atoms with Crippen LogP contribution >= 0.6 is 0 Å². The molecule has 0 radical (unpaired) electrons. The molecule has 0 spiro atoms. The molecule has 136 valence electrons. The van der Waals surface area contributed by atoms with E-state index in [2.05, 4.69) is 11.4 Å². The number of nitro benzene ring substituents is 2. The largest absolute Gasteiger partial charge is 0.464 e. The SMILES string of the molecule is CCOC(=O)[C@H]1Nc2c(cc([N+](=O)[O-])cc2[N+](=O)[O-])[C@H]2[C@@H]1[C@@H]1C=C[C@H]2C1. The molecule has 1 heterocycles. The average molecular weight is 359 g/mol. The predicted molar refractivity (Wildman–Crippen MR) is 90.8 cm³/mol. The van der Waals surface area contributed by atoms with Crippen LogP contribution in [0.5, 0.6) is 0 Å². The number of fused-ring (bicyclic) bond motifs is 7. The van der Waals surface area contributed by atoms with Gasteiger partial charge in [-0.15, -0.1) is 0 Å². The smallest absolute Gasteiger partial charge is 0.328 e. The molecule has 1 aliphatic heterocycles. The van der Waals surface area contributed by atoms with Crippen molar-refractivity contribution in [3.05, 3.63) is 50.1 Å². The van der Waals surface area contributed by atoms with E-state index in [1.54, 1.807) is 6.92 Å². The molecule has 5 atom stereocenters. The summed E-state index contributed by atoms with van der Waals surface area (Å²) in [7, 11) is 0. The zero-order valence-corrected chi connectivity index (χ0v) is 14.0. The molecule has 1 fully saturated rings. The van der Waals surface area contributed by atoms with Crippen molar-refractivity contribution in [1.29, 1.82) is 0 Å². The molecule has 2 bridgehead atoms. The summed E-state index contributed by atoms with van der Waals surface area (Å²) in [6.45, 7) is 1.92. The number of hydrogen-bond acceptors (Lipinski definition) is 7. The number of hydrogen-bond donors (Lipinski definition) is 1. The van der Waals surface area contributed by atoms with Gasteiger partial charge in [-0.05, 0) is 36.7 Å². The van der Waals surface area contributed by atoms with Gasteiger partial charge in [0.1, 0.15) is 11.7 Å². The Hall–Kier alpha value is -2.97. The number of nitro groups is 2. The van der Waals surface area contributed by atoms with E-state index in [1.807, 2.05) is 6.08 Å². The second kappa shape index (κ2) is 5.79. The van der Waals surface area contributed by atoms with Crippen molar-refractivity contribution in [2.75, 3.05) is 11.9 Å². The lowest BCUT2D eigenvalue weighted by atomic mass is 9.71. The normalized spacial score (nSPS) is 30.3. The Kier molecular flexibility index (Phi) is 3.67. The van der Waals surface area contributed by atoms with E-state index < -0.39 is 21.9 Å². The molecular weight excluding hydrogens is 342 g/mol. The van der Waals surface area contributed by atoms with Crippen LogP contribution in [-0.2, 0) is 9.53 Å². The minimum atomic E-state index is -0.701. The number of allylic oxidation sites excluding steroid dienone is 2. The topological polar surface area (TPSA) is 125 Å². The number of non-ortho nitro benzene ring substituents is 1. The number of ether oxygens (including phenoxy) is 1. The van der Waals surface area contributed by atoms with Crippen LogP contribution in [0.3, 0.4) is 0 Å². The summed E-state index contributed by atoms with van der Waals surface area (Å²) in [4.78, 5) is 34.0. The van der Waals surface area contributed by atoms with Crippen molar-refractivity contribution in [3.8, 4) is 0 Å². The number of nitrogens with one attached hydrogen (secondary N) is 1. The summed E-state index contributed by atoms with van der Waals surface area (Å²) >= 11 is 0. The van der Waals surface area contributed by atoms with Gasteiger partial charge in [0.25, 0.3) is 11.4 Å². The summed E-state index contributed by atoms with van der Waals surface area (Å²) in [6, 6.07) is 1.65. The highest BCUT2D eigenvalue weighted by molar-refractivity contribution is 5.85. The van der Waals surface area contributed by atoms with Crippen LogP contribution in [0.2, 0.25) is 0 Å². The lowest BCUT2D eigenvalue weighted by Crippen LogP contribution is -2.46. The standard InChI is InChI=1S/C17H17N3O6/c1-2-26-17(21)16-14-9-4-3-8(5-9)13(14)11-6-10(19(22)23)7-12(20(24)25)15(11)18-16/h3-4,6-9,13-14,16,18H,2,5H2,1H3/t8-,9+,13-,14-,16-/m0/s1. The molecule has 1 aromatic rings. The summed E-state index contributed by atoms with van der Waals surface area (Å²) < 4.78 is 5.17. The lowest BCUT2D eigenvalue weighted by molar-refractivity contribution is -0.393. The fraction of sp³-hybridized carbons (Fsp3) is 0.471. The van der Waals surface area contributed by atoms with Crippen molar-refractivity contribution in [2.24, 2.45) is 17.8 Å². The van der Waals surface area contributed by atoms with Crippen molar-refractivity contribution in [1.82, 2.24) is 0 Å². The van der Waals surface area contributed by atoms with Gasteiger partial charge in [-0.1, -0.05) is 12.2 Å². The van der Waals surface area contributed by atoms with Crippen LogP contribution < -0.4 is 5.32 Å². The third kappa shape index (κ3) is 2.27. The van der Waals surface area contributed by atoms with Crippen LogP contribution in [-0.4, -0.2) is 28.5 Å². The van der Waals surface area contributed by atoms with E-state index in [0.29, 0.717) is 5.56 Å². The van der Waals surface area contributed by atoms with Crippen LogP contribution in [0, 0.1) is 38.0 Å². The zero-order chi connectivity index (χ0) is 18.6. The van der Waals surface area contributed by atoms with Gasteiger partial charge < -0.3 is 10.1 Å². The molecule has 1 saturated carbocycles. The van der Waals surface area contributed by atoms with Gasteiger partial charge in [-0.25, -0.2) is 4.79 Å². The van der Waals surface area contributed by atoms with Gasteiger partial charge >= 0.3 is 5.97 Å².